The topological polar surface area (TPSA) is 122 Å². The molecule has 7 nitrogen and oxygen atoms in total. The zero-order valence-corrected chi connectivity index (χ0v) is 5.04. The van der Waals surface area contributed by atoms with Crippen LogP contribution in [0.2, 0.25) is 0 Å². The third-order valence-corrected chi connectivity index (χ3v) is 0.594. The van der Waals surface area contributed by atoms with Gasteiger partial charge in [-0.1, -0.05) is 0 Å². The Balaban J connectivity index is 0. The molecule has 0 aliphatic carbocycles. The van der Waals surface area contributed by atoms with Crippen molar-refractivity contribution in [3.8, 4) is 0 Å². The van der Waals surface area contributed by atoms with Crippen LogP contribution in [0.5, 0.6) is 0 Å². The van der Waals surface area contributed by atoms with Crippen molar-refractivity contribution in [3.63, 3.8) is 0 Å². The molecule has 56 valence electrons. The number of phosphoric acid groups is 1. The van der Waals surface area contributed by atoms with E-state index < -0.39 is 13.9 Å². The second-order valence-electron chi connectivity index (χ2n) is 1.05. The standard InChI is InChI=1S/CH5N2O5P.K.H/c2-1(4)3-8-9(5,6)7;;/h(H3,2,3,4)(H2,5,6,7);;. The van der Waals surface area contributed by atoms with E-state index in [1.165, 1.54) is 5.48 Å². The summed E-state index contributed by atoms with van der Waals surface area (Å²) in [6.07, 6.45) is 0. The molecule has 0 bridgehead atoms. The van der Waals surface area contributed by atoms with E-state index in [9.17, 15) is 9.36 Å². The Morgan fingerprint density at radius 2 is 2.00 bits per heavy atom. The monoisotopic (exact) mass is 196 g/mol. The van der Waals surface area contributed by atoms with E-state index in [0.29, 0.717) is 0 Å². The second-order valence-corrected chi connectivity index (χ2v) is 2.21. The number of hydrogen-bond donors (Lipinski definition) is 4. The van der Waals surface area contributed by atoms with Crippen LogP contribution in [0.1, 0.15) is 0 Å². The Kier molecular flexibility index (Phi) is 7.67. The first kappa shape index (κ1) is 13.6. The van der Waals surface area contributed by atoms with E-state index in [1.54, 1.807) is 0 Å². The van der Waals surface area contributed by atoms with Crippen LogP contribution in [0.15, 0.2) is 0 Å². The first-order chi connectivity index (χ1) is 3.92. The van der Waals surface area contributed by atoms with Crippen LogP contribution < -0.4 is 11.2 Å². The summed E-state index contributed by atoms with van der Waals surface area (Å²) < 4.78 is 13.2. The van der Waals surface area contributed by atoms with Crippen LogP contribution >= 0.6 is 7.82 Å². The molecule has 0 aromatic heterocycles. The Morgan fingerprint density at radius 3 is 2.10 bits per heavy atom. The summed E-state index contributed by atoms with van der Waals surface area (Å²) in [4.78, 5) is 25.5. The Bertz CT molecular complexity index is 154. The maximum absolute atomic E-state index is 9.74. The number of carbonyl (C=O) groups excluding carboxylic acids is 1. The molecule has 9 heteroatoms. The van der Waals surface area contributed by atoms with Crippen molar-refractivity contribution < 1.29 is 23.8 Å². The molecule has 0 spiro atoms. The summed E-state index contributed by atoms with van der Waals surface area (Å²) in [5.41, 5.74) is 5.64. The number of hydrogen-bond acceptors (Lipinski definition) is 3. The van der Waals surface area contributed by atoms with E-state index in [4.69, 9.17) is 9.79 Å². The summed E-state index contributed by atoms with van der Waals surface area (Å²) in [6.45, 7) is 0. The Morgan fingerprint density at radius 1 is 1.60 bits per heavy atom. The minimum absolute atomic E-state index is 0. The van der Waals surface area contributed by atoms with Crippen molar-refractivity contribution in [2.24, 2.45) is 5.73 Å². The van der Waals surface area contributed by atoms with Gasteiger partial charge in [0.05, 0.1) is 0 Å². The van der Waals surface area contributed by atoms with E-state index >= 15 is 0 Å². The SMILES string of the molecule is NC(=O)NOP(=O)(O)O.[KH]. The zero-order valence-electron chi connectivity index (χ0n) is 4.14. The summed E-state index contributed by atoms with van der Waals surface area (Å²) in [6, 6.07) is -1.17. The molecule has 0 fully saturated rings. The van der Waals surface area contributed by atoms with Crippen LogP contribution in [-0.4, -0.2) is 67.2 Å². The molecule has 0 saturated carbocycles. The predicted molar refractivity (Wildman–Crippen MR) is 33.0 cm³/mol. The van der Waals surface area contributed by atoms with Crippen molar-refractivity contribution in [3.05, 3.63) is 0 Å². The van der Waals surface area contributed by atoms with Crippen LogP contribution in [0.4, 0.5) is 4.79 Å². The first-order valence-corrected chi connectivity index (χ1v) is 3.24. The van der Waals surface area contributed by atoms with Gasteiger partial charge in [-0.2, -0.15) is 4.62 Å². The molecule has 0 radical (unpaired) electrons. The molecule has 0 heterocycles. The van der Waals surface area contributed by atoms with Gasteiger partial charge >= 0.3 is 65.2 Å². The molecule has 0 saturated heterocycles. The van der Waals surface area contributed by atoms with Gasteiger partial charge in [0.25, 0.3) is 0 Å². The number of amides is 2. The molecule has 0 aromatic carbocycles. The van der Waals surface area contributed by atoms with Gasteiger partial charge in [0, 0.05) is 0 Å². The number of carbonyl (C=O) groups is 1. The van der Waals surface area contributed by atoms with Crippen molar-refractivity contribution in [1.82, 2.24) is 5.48 Å². The number of nitrogens with one attached hydrogen (secondary N) is 1. The number of primary amides is 1. The Hall–Kier alpha value is 1.02. The second kappa shape index (κ2) is 5.64. The molecule has 0 unspecified atom stereocenters. The average molecular weight is 196 g/mol. The van der Waals surface area contributed by atoms with Crippen LogP contribution in [0.25, 0.3) is 0 Å². The average Bonchev–Trinajstić information content (AvgIpc) is 1.59. The fourth-order valence-corrected chi connectivity index (χ4v) is 0.313. The fourth-order valence-electron chi connectivity index (χ4n) is 0.104. The number of urea groups is 1. The van der Waals surface area contributed by atoms with E-state index in [1.807, 2.05) is 0 Å². The third kappa shape index (κ3) is 11.8. The molecule has 0 aromatic rings. The molecular formula is CH6KN2O5P. The van der Waals surface area contributed by atoms with Gasteiger partial charge < -0.3 is 15.5 Å². The predicted octanol–water partition coefficient (Wildman–Crippen LogP) is -1.97. The molecule has 0 aliphatic heterocycles. The van der Waals surface area contributed by atoms with Crippen molar-refractivity contribution >= 4 is 65.2 Å². The zero-order chi connectivity index (χ0) is 7.49. The van der Waals surface area contributed by atoms with E-state index in [2.05, 4.69) is 10.4 Å². The van der Waals surface area contributed by atoms with Gasteiger partial charge in [-0.15, -0.1) is 0 Å². The quantitative estimate of drug-likeness (QED) is 0.232. The van der Waals surface area contributed by atoms with Gasteiger partial charge in [-0.3, -0.25) is 0 Å². The molecule has 2 amide bonds. The molecule has 10 heavy (non-hydrogen) atoms. The maximum atomic E-state index is 9.74. The summed E-state index contributed by atoms with van der Waals surface area (Å²) in [5, 5.41) is 0. The number of nitrogens with two attached hydrogens (primary N) is 1. The molecule has 0 rings (SSSR count). The van der Waals surface area contributed by atoms with E-state index in [-0.39, 0.29) is 51.4 Å². The molecule has 0 aliphatic rings. The normalized spacial score (nSPS) is 9.80. The van der Waals surface area contributed by atoms with Crippen LogP contribution in [-0.2, 0) is 9.19 Å². The van der Waals surface area contributed by atoms with Crippen molar-refractivity contribution in [2.75, 3.05) is 0 Å². The van der Waals surface area contributed by atoms with Gasteiger partial charge in [-0.05, 0) is 0 Å². The van der Waals surface area contributed by atoms with Crippen molar-refractivity contribution in [2.45, 2.75) is 0 Å². The third-order valence-electron chi connectivity index (χ3n) is 0.265. The van der Waals surface area contributed by atoms with Gasteiger partial charge in [0.1, 0.15) is 0 Å². The van der Waals surface area contributed by atoms with Gasteiger partial charge in [0.15, 0.2) is 0 Å². The number of rotatable bonds is 2. The minimum atomic E-state index is -4.63. The van der Waals surface area contributed by atoms with Crippen LogP contribution in [0.3, 0.4) is 0 Å². The van der Waals surface area contributed by atoms with Gasteiger partial charge in [0.2, 0.25) is 0 Å². The first-order valence-electron chi connectivity index (χ1n) is 1.71. The summed E-state index contributed by atoms with van der Waals surface area (Å²) in [5.74, 6) is 0. The molecular weight excluding hydrogens is 190 g/mol. The fraction of sp³-hybridized carbons (Fsp3) is 0. The molecule has 0 atom stereocenters. The van der Waals surface area contributed by atoms with Crippen LogP contribution in [0, 0.1) is 0 Å². The Labute approximate surface area is 98.9 Å². The van der Waals surface area contributed by atoms with Gasteiger partial charge in [-0.25, -0.2) is 14.8 Å². The summed E-state index contributed by atoms with van der Waals surface area (Å²) >= 11 is 0. The van der Waals surface area contributed by atoms with E-state index in [0.717, 1.165) is 0 Å². The van der Waals surface area contributed by atoms with Crippen molar-refractivity contribution in [1.29, 1.82) is 0 Å². The number of hydroxylamine groups is 1. The summed E-state index contributed by atoms with van der Waals surface area (Å²) in [7, 11) is -4.63. The molecule has 5 N–H and O–H groups in total.